The van der Waals surface area contributed by atoms with Gasteiger partial charge in [-0.15, -0.1) is 0 Å². The number of aryl methyl sites for hydroxylation is 1. The lowest BCUT2D eigenvalue weighted by Crippen LogP contribution is -2.14. The first-order chi connectivity index (χ1) is 8.97. The van der Waals surface area contributed by atoms with Crippen molar-refractivity contribution in [3.05, 3.63) is 58.4 Å². The Morgan fingerprint density at radius 3 is 2.63 bits per heavy atom. The van der Waals surface area contributed by atoms with Crippen LogP contribution in [0.1, 0.15) is 15.9 Å². The fourth-order valence-corrected chi connectivity index (χ4v) is 1.88. The van der Waals surface area contributed by atoms with E-state index in [-0.39, 0.29) is 11.7 Å². The second-order valence-electron chi connectivity index (χ2n) is 4.14. The van der Waals surface area contributed by atoms with Gasteiger partial charge in [0, 0.05) is 16.4 Å². The van der Waals surface area contributed by atoms with E-state index >= 15 is 0 Å². The predicted molar refractivity (Wildman–Crippen MR) is 75.0 cm³/mol. The van der Waals surface area contributed by atoms with Gasteiger partial charge in [0.05, 0.1) is 5.56 Å². The van der Waals surface area contributed by atoms with E-state index in [1.807, 2.05) is 0 Å². The number of hydrogen-bond acceptors (Lipinski definition) is 2. The molecule has 1 amide bonds. The summed E-state index contributed by atoms with van der Waals surface area (Å²) in [6.07, 6.45) is 0. The van der Waals surface area contributed by atoms with Gasteiger partial charge in [0.25, 0.3) is 5.91 Å². The van der Waals surface area contributed by atoms with Crippen molar-refractivity contribution in [2.24, 2.45) is 0 Å². The van der Waals surface area contributed by atoms with Crippen LogP contribution in [0.4, 0.5) is 15.8 Å². The Bertz CT molecular complexity index is 643. The quantitative estimate of drug-likeness (QED) is 0.824. The van der Waals surface area contributed by atoms with Crippen molar-refractivity contribution in [2.75, 3.05) is 11.1 Å². The maximum atomic E-state index is 13.0. The molecule has 0 atom stereocenters. The number of carbonyl (C=O) groups is 1. The molecule has 0 bridgehead atoms. The van der Waals surface area contributed by atoms with Crippen LogP contribution in [0.3, 0.4) is 0 Å². The molecule has 0 aliphatic carbocycles. The number of nitrogens with two attached hydrogens (primary N) is 1. The summed E-state index contributed by atoms with van der Waals surface area (Å²) in [7, 11) is 0. The average molecular weight is 279 g/mol. The van der Waals surface area contributed by atoms with Gasteiger partial charge in [-0.2, -0.15) is 0 Å². The molecule has 19 heavy (non-hydrogen) atoms. The van der Waals surface area contributed by atoms with E-state index in [0.29, 0.717) is 27.5 Å². The molecule has 2 aromatic rings. The van der Waals surface area contributed by atoms with Crippen molar-refractivity contribution in [3.8, 4) is 0 Å². The summed E-state index contributed by atoms with van der Waals surface area (Å²) in [6, 6.07) is 8.79. The Balaban J connectivity index is 2.25. The van der Waals surface area contributed by atoms with Crippen LogP contribution < -0.4 is 11.1 Å². The van der Waals surface area contributed by atoms with Crippen LogP contribution in [0.25, 0.3) is 0 Å². The lowest BCUT2D eigenvalue weighted by Gasteiger charge is -2.10. The number of benzene rings is 2. The third-order valence-electron chi connectivity index (χ3n) is 2.69. The van der Waals surface area contributed by atoms with Gasteiger partial charge in [-0.1, -0.05) is 11.6 Å². The maximum Gasteiger partial charge on any atom is 0.257 e. The van der Waals surface area contributed by atoms with Crippen molar-refractivity contribution >= 4 is 28.9 Å². The first kappa shape index (κ1) is 13.4. The van der Waals surface area contributed by atoms with Crippen LogP contribution in [-0.4, -0.2) is 5.91 Å². The minimum Gasteiger partial charge on any atom is -0.398 e. The molecule has 0 fully saturated rings. The van der Waals surface area contributed by atoms with Crippen LogP contribution >= 0.6 is 11.6 Å². The molecule has 0 heterocycles. The SMILES string of the molecule is Cc1cc(F)ccc1NC(=O)c1ccc(Cl)cc1N. The summed E-state index contributed by atoms with van der Waals surface area (Å²) in [5, 5.41) is 3.15. The van der Waals surface area contributed by atoms with Crippen LogP contribution in [0.2, 0.25) is 5.02 Å². The zero-order valence-electron chi connectivity index (χ0n) is 10.2. The third kappa shape index (κ3) is 3.03. The highest BCUT2D eigenvalue weighted by Crippen LogP contribution is 2.21. The number of amides is 1. The molecule has 5 heteroatoms. The zero-order chi connectivity index (χ0) is 14.0. The highest BCUT2D eigenvalue weighted by atomic mass is 35.5. The molecule has 0 aliphatic heterocycles. The maximum absolute atomic E-state index is 13.0. The van der Waals surface area contributed by atoms with E-state index in [1.54, 1.807) is 19.1 Å². The average Bonchev–Trinajstić information content (AvgIpc) is 2.32. The summed E-state index contributed by atoms with van der Waals surface area (Å²) >= 11 is 5.77. The van der Waals surface area contributed by atoms with Crippen molar-refractivity contribution < 1.29 is 9.18 Å². The van der Waals surface area contributed by atoms with E-state index in [1.165, 1.54) is 24.3 Å². The number of nitrogen functional groups attached to an aromatic ring is 1. The molecule has 2 aromatic carbocycles. The van der Waals surface area contributed by atoms with Crippen molar-refractivity contribution in [3.63, 3.8) is 0 Å². The Labute approximate surface area is 115 Å². The summed E-state index contributed by atoms with van der Waals surface area (Å²) in [5.74, 6) is -0.703. The summed E-state index contributed by atoms with van der Waals surface area (Å²) in [4.78, 5) is 12.1. The molecule has 98 valence electrons. The first-order valence-electron chi connectivity index (χ1n) is 5.60. The molecular formula is C14H12ClFN2O. The number of carbonyl (C=O) groups excluding carboxylic acids is 1. The fraction of sp³-hybridized carbons (Fsp3) is 0.0714. The minimum absolute atomic E-state index is 0.296. The van der Waals surface area contributed by atoms with Gasteiger partial charge in [-0.3, -0.25) is 4.79 Å². The van der Waals surface area contributed by atoms with Gasteiger partial charge in [0.15, 0.2) is 0 Å². The lowest BCUT2D eigenvalue weighted by atomic mass is 10.1. The second kappa shape index (κ2) is 5.28. The van der Waals surface area contributed by atoms with Crippen LogP contribution in [0, 0.1) is 12.7 Å². The van der Waals surface area contributed by atoms with Crippen LogP contribution in [-0.2, 0) is 0 Å². The van der Waals surface area contributed by atoms with Gasteiger partial charge in [0.2, 0.25) is 0 Å². The normalized spacial score (nSPS) is 10.3. The number of nitrogens with one attached hydrogen (secondary N) is 1. The molecule has 0 unspecified atom stereocenters. The molecule has 0 radical (unpaired) electrons. The van der Waals surface area contributed by atoms with Crippen molar-refractivity contribution in [1.29, 1.82) is 0 Å². The monoisotopic (exact) mass is 278 g/mol. The van der Waals surface area contributed by atoms with E-state index in [4.69, 9.17) is 17.3 Å². The Hall–Kier alpha value is -2.07. The van der Waals surface area contributed by atoms with Crippen LogP contribution in [0.15, 0.2) is 36.4 Å². The minimum atomic E-state index is -0.358. The number of halogens is 2. The van der Waals surface area contributed by atoms with Gasteiger partial charge in [0.1, 0.15) is 5.82 Å². The summed E-state index contributed by atoms with van der Waals surface area (Å²) < 4.78 is 13.0. The highest BCUT2D eigenvalue weighted by Gasteiger charge is 2.11. The molecule has 3 nitrogen and oxygen atoms in total. The van der Waals surface area contributed by atoms with Crippen molar-refractivity contribution in [1.82, 2.24) is 0 Å². The molecule has 0 aliphatic rings. The topological polar surface area (TPSA) is 55.1 Å². The first-order valence-corrected chi connectivity index (χ1v) is 5.97. The molecule has 3 N–H and O–H groups in total. The largest absolute Gasteiger partial charge is 0.398 e. The van der Waals surface area contributed by atoms with Gasteiger partial charge >= 0.3 is 0 Å². The number of rotatable bonds is 2. The molecule has 0 aromatic heterocycles. The highest BCUT2D eigenvalue weighted by molar-refractivity contribution is 6.31. The Morgan fingerprint density at radius 1 is 1.26 bits per heavy atom. The predicted octanol–water partition coefficient (Wildman–Crippen LogP) is 3.62. The zero-order valence-corrected chi connectivity index (χ0v) is 11.0. The summed E-state index contributed by atoms with van der Waals surface area (Å²) in [5.41, 5.74) is 7.54. The molecule has 0 saturated heterocycles. The molecule has 2 rings (SSSR count). The van der Waals surface area contributed by atoms with Crippen molar-refractivity contribution in [2.45, 2.75) is 6.92 Å². The van der Waals surface area contributed by atoms with Gasteiger partial charge in [-0.05, 0) is 48.9 Å². The van der Waals surface area contributed by atoms with E-state index in [0.717, 1.165) is 0 Å². The fourth-order valence-electron chi connectivity index (χ4n) is 1.70. The standard InChI is InChI=1S/C14H12ClFN2O/c1-8-6-10(16)3-5-13(8)18-14(19)11-4-2-9(15)7-12(11)17/h2-7H,17H2,1H3,(H,18,19). The van der Waals surface area contributed by atoms with E-state index in [9.17, 15) is 9.18 Å². The number of hydrogen-bond donors (Lipinski definition) is 2. The summed E-state index contributed by atoms with van der Waals surface area (Å²) in [6.45, 7) is 1.71. The van der Waals surface area contributed by atoms with Gasteiger partial charge < -0.3 is 11.1 Å². The Kier molecular flexibility index (Phi) is 3.71. The third-order valence-corrected chi connectivity index (χ3v) is 2.93. The van der Waals surface area contributed by atoms with E-state index in [2.05, 4.69) is 5.32 Å². The lowest BCUT2D eigenvalue weighted by molar-refractivity contribution is 0.102. The smallest absolute Gasteiger partial charge is 0.257 e. The van der Waals surface area contributed by atoms with Crippen LogP contribution in [0.5, 0.6) is 0 Å². The van der Waals surface area contributed by atoms with Gasteiger partial charge in [-0.25, -0.2) is 4.39 Å². The molecular weight excluding hydrogens is 267 g/mol. The second-order valence-corrected chi connectivity index (χ2v) is 4.58. The van der Waals surface area contributed by atoms with E-state index < -0.39 is 0 Å². The molecule has 0 spiro atoms. The Morgan fingerprint density at radius 2 is 2.00 bits per heavy atom. The number of anilines is 2. The molecule has 0 saturated carbocycles.